The van der Waals surface area contributed by atoms with Gasteiger partial charge in [-0.3, -0.25) is 9.79 Å². The minimum atomic E-state index is 0.0456. The van der Waals surface area contributed by atoms with Crippen LogP contribution in [0.5, 0.6) is 0 Å². The van der Waals surface area contributed by atoms with Gasteiger partial charge in [-0.1, -0.05) is 60.6 Å². The molecule has 0 N–H and O–H groups in total. The molecule has 192 valence electrons. The van der Waals surface area contributed by atoms with Crippen molar-refractivity contribution in [3.8, 4) is 0 Å². The molecule has 0 unspecified atom stereocenters. The standard InChI is InChI=1S/C17H23N3O.C6H8O.3C2H6/c1-5-15(18-6-2)12-20-10-9-14-7-8-16(11-17(14)20)19(4)13(3)21;1-2-6-4-3-5-7-6;3*1-2/h5-8,11H,9-10,12H2,1-4H3;3-5H,2H2,1H3;3*1-2H3/b15-5-,18-6?;;;;. The maximum atomic E-state index is 11.5. The lowest BCUT2D eigenvalue weighted by atomic mass is 10.1. The molecule has 1 aromatic carbocycles. The van der Waals surface area contributed by atoms with Gasteiger partial charge in [0.1, 0.15) is 5.76 Å². The average Bonchev–Trinajstić information content (AvgIpc) is 3.57. The maximum Gasteiger partial charge on any atom is 0.223 e. The topological polar surface area (TPSA) is 49.0 Å². The van der Waals surface area contributed by atoms with Crippen molar-refractivity contribution >= 4 is 23.5 Å². The number of carbonyl (C=O) groups excluding carboxylic acids is 1. The summed E-state index contributed by atoms with van der Waals surface area (Å²) in [5, 5.41) is 0. The fraction of sp³-hybridized carbons (Fsp3) is 0.517. The molecule has 1 aliphatic heterocycles. The van der Waals surface area contributed by atoms with E-state index in [4.69, 9.17) is 4.42 Å². The van der Waals surface area contributed by atoms with Crippen molar-refractivity contribution < 1.29 is 9.21 Å². The van der Waals surface area contributed by atoms with E-state index in [1.54, 1.807) is 18.1 Å². The number of rotatable bonds is 5. The molecule has 0 saturated heterocycles. The van der Waals surface area contributed by atoms with E-state index in [0.717, 1.165) is 43.1 Å². The lowest BCUT2D eigenvalue weighted by Gasteiger charge is -2.22. The zero-order chi connectivity index (χ0) is 26.5. The molecule has 0 atom stereocenters. The number of anilines is 2. The third-order valence-corrected chi connectivity index (χ3v) is 4.83. The lowest BCUT2D eigenvalue weighted by Crippen LogP contribution is -2.25. The van der Waals surface area contributed by atoms with E-state index in [1.165, 1.54) is 11.3 Å². The number of nitrogens with zero attached hydrogens (tertiary/aromatic N) is 3. The van der Waals surface area contributed by atoms with Gasteiger partial charge in [-0.05, 0) is 50.1 Å². The first-order chi connectivity index (χ1) is 16.5. The van der Waals surface area contributed by atoms with Crippen LogP contribution in [0.2, 0.25) is 0 Å². The molecule has 3 rings (SSSR count). The number of aryl methyl sites for hydroxylation is 1. The second-order valence-electron chi connectivity index (χ2n) is 6.66. The predicted molar refractivity (Wildman–Crippen MR) is 151 cm³/mol. The Morgan fingerprint density at radius 1 is 1.12 bits per heavy atom. The summed E-state index contributed by atoms with van der Waals surface area (Å²) in [6.45, 7) is 21.4. The Bertz CT molecular complexity index is 824. The van der Waals surface area contributed by atoms with E-state index in [9.17, 15) is 4.79 Å². The Morgan fingerprint density at radius 3 is 2.21 bits per heavy atom. The molecule has 34 heavy (non-hydrogen) atoms. The molecule has 0 aliphatic carbocycles. The molecule has 0 spiro atoms. The monoisotopic (exact) mass is 471 g/mol. The van der Waals surface area contributed by atoms with Crippen LogP contribution in [0.25, 0.3) is 0 Å². The number of hydrogen-bond acceptors (Lipinski definition) is 4. The second-order valence-corrected chi connectivity index (χ2v) is 6.66. The van der Waals surface area contributed by atoms with Crippen molar-refractivity contribution in [1.29, 1.82) is 0 Å². The average molecular weight is 472 g/mol. The van der Waals surface area contributed by atoms with Crippen molar-refractivity contribution in [1.82, 2.24) is 0 Å². The molecule has 1 aromatic heterocycles. The summed E-state index contributed by atoms with van der Waals surface area (Å²) in [5.41, 5.74) is 4.56. The predicted octanol–water partition coefficient (Wildman–Crippen LogP) is 7.95. The van der Waals surface area contributed by atoms with E-state index in [2.05, 4.69) is 28.9 Å². The fourth-order valence-corrected chi connectivity index (χ4v) is 3.07. The Morgan fingerprint density at radius 2 is 1.76 bits per heavy atom. The summed E-state index contributed by atoms with van der Waals surface area (Å²) >= 11 is 0. The van der Waals surface area contributed by atoms with Gasteiger partial charge >= 0.3 is 0 Å². The molecule has 0 bridgehead atoms. The first kappa shape index (κ1) is 33.4. The van der Waals surface area contributed by atoms with Gasteiger partial charge in [-0.2, -0.15) is 0 Å². The molecule has 2 heterocycles. The summed E-state index contributed by atoms with van der Waals surface area (Å²) in [7, 11) is 1.81. The smallest absolute Gasteiger partial charge is 0.223 e. The van der Waals surface area contributed by atoms with Crippen LogP contribution in [0, 0.1) is 0 Å². The third kappa shape index (κ3) is 11.4. The Labute approximate surface area is 209 Å². The van der Waals surface area contributed by atoms with E-state index in [1.807, 2.05) is 92.9 Å². The third-order valence-electron chi connectivity index (χ3n) is 4.83. The number of benzene rings is 1. The van der Waals surface area contributed by atoms with Crippen LogP contribution in [0.4, 0.5) is 11.4 Å². The van der Waals surface area contributed by atoms with Gasteiger partial charge in [0, 0.05) is 44.5 Å². The number of hydrogen-bond donors (Lipinski definition) is 0. The van der Waals surface area contributed by atoms with Gasteiger partial charge in [0.15, 0.2) is 0 Å². The van der Waals surface area contributed by atoms with Crippen LogP contribution in [-0.2, 0) is 17.6 Å². The maximum absolute atomic E-state index is 11.5. The summed E-state index contributed by atoms with van der Waals surface area (Å²) in [6, 6.07) is 10.1. The SMILES string of the molecule is CC.CC.CC.CC=N/C(=C\C)CN1CCc2ccc(N(C)C(C)=O)cc21.CCc1ccco1. The summed E-state index contributed by atoms with van der Waals surface area (Å²) in [4.78, 5) is 19.9. The van der Waals surface area contributed by atoms with Gasteiger partial charge in [0.2, 0.25) is 5.91 Å². The zero-order valence-corrected chi connectivity index (χ0v) is 23.6. The molecular formula is C29H49N3O2. The first-order valence-corrected chi connectivity index (χ1v) is 12.8. The number of aliphatic imine (C=N–C) groups is 1. The summed E-state index contributed by atoms with van der Waals surface area (Å²) in [6.07, 6.45) is 7.61. The number of furan rings is 1. The zero-order valence-electron chi connectivity index (χ0n) is 23.6. The van der Waals surface area contributed by atoms with Gasteiger partial charge in [-0.25, -0.2) is 0 Å². The normalized spacial score (nSPS) is 11.5. The largest absolute Gasteiger partial charge is 0.469 e. The number of amides is 1. The van der Waals surface area contributed by atoms with Crippen LogP contribution in [0.1, 0.15) is 80.6 Å². The molecule has 0 radical (unpaired) electrons. The number of allylic oxidation sites excluding steroid dienone is 1. The highest BCUT2D eigenvalue weighted by molar-refractivity contribution is 5.91. The first-order valence-electron chi connectivity index (χ1n) is 12.8. The van der Waals surface area contributed by atoms with Crippen molar-refractivity contribution in [2.24, 2.45) is 4.99 Å². The van der Waals surface area contributed by atoms with Crippen molar-refractivity contribution in [2.45, 2.75) is 82.1 Å². The van der Waals surface area contributed by atoms with Crippen molar-refractivity contribution in [3.63, 3.8) is 0 Å². The molecule has 0 fully saturated rings. The molecule has 2 aromatic rings. The second kappa shape index (κ2) is 20.8. The summed E-state index contributed by atoms with van der Waals surface area (Å²) in [5.74, 6) is 1.10. The van der Waals surface area contributed by atoms with Gasteiger partial charge < -0.3 is 14.2 Å². The van der Waals surface area contributed by atoms with Gasteiger partial charge in [-0.15, -0.1) is 0 Å². The lowest BCUT2D eigenvalue weighted by molar-refractivity contribution is -0.116. The van der Waals surface area contributed by atoms with E-state index < -0.39 is 0 Å². The van der Waals surface area contributed by atoms with Gasteiger partial charge in [0.25, 0.3) is 0 Å². The molecular weight excluding hydrogens is 422 g/mol. The Balaban J connectivity index is 0. The molecule has 1 aliphatic rings. The Kier molecular flexibility index (Phi) is 20.4. The van der Waals surface area contributed by atoms with Crippen LogP contribution in [0.15, 0.2) is 57.8 Å². The minimum Gasteiger partial charge on any atom is -0.469 e. The van der Waals surface area contributed by atoms with Crippen LogP contribution in [0.3, 0.4) is 0 Å². The molecule has 5 nitrogen and oxygen atoms in total. The van der Waals surface area contributed by atoms with Crippen molar-refractivity contribution in [3.05, 3.63) is 59.7 Å². The van der Waals surface area contributed by atoms with E-state index >= 15 is 0 Å². The highest BCUT2D eigenvalue weighted by Crippen LogP contribution is 2.32. The van der Waals surface area contributed by atoms with Crippen LogP contribution < -0.4 is 9.80 Å². The van der Waals surface area contributed by atoms with Crippen LogP contribution in [-0.4, -0.2) is 32.3 Å². The van der Waals surface area contributed by atoms with E-state index in [0.29, 0.717) is 0 Å². The minimum absolute atomic E-state index is 0.0456. The quantitative estimate of drug-likeness (QED) is 0.416. The Hall–Kier alpha value is -2.82. The van der Waals surface area contributed by atoms with Crippen molar-refractivity contribution in [2.75, 3.05) is 29.9 Å². The van der Waals surface area contributed by atoms with E-state index in [-0.39, 0.29) is 5.91 Å². The van der Waals surface area contributed by atoms with Gasteiger partial charge in [0.05, 0.1) is 18.5 Å². The van der Waals surface area contributed by atoms with Crippen LogP contribution >= 0.6 is 0 Å². The fourth-order valence-electron chi connectivity index (χ4n) is 3.07. The molecule has 5 heteroatoms. The molecule has 0 saturated carbocycles. The molecule has 1 amide bonds. The highest BCUT2D eigenvalue weighted by Gasteiger charge is 2.21. The summed E-state index contributed by atoms with van der Waals surface area (Å²) < 4.78 is 4.98. The highest BCUT2D eigenvalue weighted by atomic mass is 16.3. The number of carbonyl (C=O) groups is 1. The number of fused-ring (bicyclic) bond motifs is 1.